The van der Waals surface area contributed by atoms with Gasteiger partial charge in [0.25, 0.3) is 0 Å². The van der Waals surface area contributed by atoms with Crippen molar-refractivity contribution in [3.8, 4) is 5.88 Å². The van der Waals surface area contributed by atoms with Crippen LogP contribution in [0.25, 0.3) is 0 Å². The number of nitrogens with zero attached hydrogens (tertiary/aromatic N) is 2. The highest BCUT2D eigenvalue weighted by molar-refractivity contribution is 5.77. The van der Waals surface area contributed by atoms with Crippen LogP contribution in [0.1, 0.15) is 38.8 Å². The molecule has 0 aromatic carbocycles. The molecule has 6 nitrogen and oxygen atoms in total. The number of ether oxygens (including phenoxy) is 1. The highest BCUT2D eigenvalue weighted by Crippen LogP contribution is 2.18. The van der Waals surface area contributed by atoms with Gasteiger partial charge in [-0.1, -0.05) is 0 Å². The summed E-state index contributed by atoms with van der Waals surface area (Å²) in [5.74, 6) is 1.13. The number of anilines is 1. The van der Waals surface area contributed by atoms with Gasteiger partial charge >= 0.3 is 0 Å². The molecule has 2 rings (SSSR count). The van der Waals surface area contributed by atoms with Crippen LogP contribution in [-0.2, 0) is 4.79 Å². The molecule has 0 spiro atoms. The number of aryl methyl sites for hydroxylation is 1. The van der Waals surface area contributed by atoms with E-state index in [1.165, 1.54) is 0 Å². The number of hydrogen-bond donors (Lipinski definition) is 2. The zero-order chi connectivity index (χ0) is 14.5. The van der Waals surface area contributed by atoms with Crippen molar-refractivity contribution in [3.05, 3.63) is 11.8 Å². The Kier molecular flexibility index (Phi) is 4.76. The number of hydrogen-bond acceptors (Lipinski definition) is 5. The predicted octanol–water partition coefficient (Wildman–Crippen LogP) is 1.65. The van der Waals surface area contributed by atoms with Crippen LogP contribution in [0, 0.1) is 6.92 Å². The van der Waals surface area contributed by atoms with Crippen molar-refractivity contribution in [2.24, 2.45) is 0 Å². The fourth-order valence-electron chi connectivity index (χ4n) is 1.74. The molecule has 1 aromatic rings. The number of amides is 1. The molecule has 20 heavy (non-hydrogen) atoms. The zero-order valence-corrected chi connectivity index (χ0v) is 12.3. The molecule has 1 heterocycles. The first-order valence-electron chi connectivity index (χ1n) is 7.08. The molecule has 1 saturated carbocycles. The zero-order valence-electron chi connectivity index (χ0n) is 12.3. The summed E-state index contributed by atoms with van der Waals surface area (Å²) in [6, 6.07) is 2.20. The Balaban J connectivity index is 1.81. The first-order valence-corrected chi connectivity index (χ1v) is 7.08. The van der Waals surface area contributed by atoms with Crippen molar-refractivity contribution >= 4 is 11.9 Å². The SMILES string of the molecule is Cc1cc(OC(C)C)nc(NCCC(=O)NC2CC2)n1. The largest absolute Gasteiger partial charge is 0.475 e. The fourth-order valence-corrected chi connectivity index (χ4v) is 1.74. The summed E-state index contributed by atoms with van der Waals surface area (Å²) in [5.41, 5.74) is 0.834. The molecule has 1 amide bonds. The van der Waals surface area contributed by atoms with E-state index in [4.69, 9.17) is 4.74 Å². The lowest BCUT2D eigenvalue weighted by Crippen LogP contribution is -2.27. The van der Waals surface area contributed by atoms with Gasteiger partial charge in [-0.25, -0.2) is 4.98 Å². The molecular formula is C14H22N4O2. The third kappa shape index (κ3) is 5.03. The standard InChI is InChI=1S/C14H22N4O2/c1-9(2)20-13-8-10(3)16-14(18-13)15-7-6-12(19)17-11-4-5-11/h8-9,11H,4-7H2,1-3H3,(H,17,19)(H,15,16,18). The first kappa shape index (κ1) is 14.6. The minimum Gasteiger partial charge on any atom is -0.475 e. The summed E-state index contributed by atoms with van der Waals surface area (Å²) >= 11 is 0. The summed E-state index contributed by atoms with van der Waals surface area (Å²) in [6.45, 7) is 6.31. The number of nitrogens with one attached hydrogen (secondary N) is 2. The van der Waals surface area contributed by atoms with E-state index in [0.29, 0.717) is 30.8 Å². The molecule has 1 aliphatic rings. The average molecular weight is 278 g/mol. The van der Waals surface area contributed by atoms with Crippen molar-refractivity contribution in [2.75, 3.05) is 11.9 Å². The van der Waals surface area contributed by atoms with E-state index >= 15 is 0 Å². The second kappa shape index (κ2) is 6.54. The summed E-state index contributed by atoms with van der Waals surface area (Å²) in [5, 5.41) is 6.01. The van der Waals surface area contributed by atoms with Gasteiger partial charge in [0, 0.05) is 30.8 Å². The van der Waals surface area contributed by atoms with Gasteiger partial charge < -0.3 is 15.4 Å². The first-order chi connectivity index (χ1) is 9.52. The van der Waals surface area contributed by atoms with Gasteiger partial charge in [0.2, 0.25) is 17.7 Å². The molecule has 0 aliphatic heterocycles. The van der Waals surface area contributed by atoms with Crippen LogP contribution in [-0.4, -0.2) is 34.6 Å². The molecule has 0 unspecified atom stereocenters. The molecule has 0 saturated heterocycles. The highest BCUT2D eigenvalue weighted by atomic mass is 16.5. The van der Waals surface area contributed by atoms with Crippen LogP contribution in [0.5, 0.6) is 5.88 Å². The second-order valence-corrected chi connectivity index (χ2v) is 5.36. The normalized spacial score (nSPS) is 14.2. The molecule has 0 bridgehead atoms. The number of carbonyl (C=O) groups excluding carboxylic acids is 1. The van der Waals surface area contributed by atoms with E-state index in [9.17, 15) is 4.79 Å². The predicted molar refractivity (Wildman–Crippen MR) is 76.8 cm³/mol. The number of carbonyl (C=O) groups is 1. The van der Waals surface area contributed by atoms with Gasteiger partial charge in [-0.05, 0) is 33.6 Å². The maximum Gasteiger partial charge on any atom is 0.226 e. The van der Waals surface area contributed by atoms with Crippen LogP contribution in [0.4, 0.5) is 5.95 Å². The summed E-state index contributed by atoms with van der Waals surface area (Å²) in [4.78, 5) is 20.1. The maximum atomic E-state index is 11.5. The second-order valence-electron chi connectivity index (χ2n) is 5.36. The van der Waals surface area contributed by atoms with Crippen molar-refractivity contribution in [1.82, 2.24) is 15.3 Å². The third-order valence-electron chi connectivity index (χ3n) is 2.76. The van der Waals surface area contributed by atoms with Crippen LogP contribution in [0.15, 0.2) is 6.07 Å². The lowest BCUT2D eigenvalue weighted by atomic mass is 10.4. The monoisotopic (exact) mass is 278 g/mol. The molecular weight excluding hydrogens is 256 g/mol. The van der Waals surface area contributed by atoms with Crippen molar-refractivity contribution in [1.29, 1.82) is 0 Å². The van der Waals surface area contributed by atoms with E-state index in [0.717, 1.165) is 18.5 Å². The van der Waals surface area contributed by atoms with Crippen LogP contribution < -0.4 is 15.4 Å². The smallest absolute Gasteiger partial charge is 0.226 e. The van der Waals surface area contributed by atoms with E-state index in [2.05, 4.69) is 20.6 Å². The van der Waals surface area contributed by atoms with Crippen LogP contribution in [0.3, 0.4) is 0 Å². The van der Waals surface area contributed by atoms with Gasteiger partial charge in [-0.2, -0.15) is 4.98 Å². The van der Waals surface area contributed by atoms with Gasteiger partial charge in [-0.15, -0.1) is 0 Å². The molecule has 0 atom stereocenters. The molecule has 1 fully saturated rings. The van der Waals surface area contributed by atoms with E-state index in [1.807, 2.05) is 20.8 Å². The molecule has 1 aromatic heterocycles. The summed E-state index contributed by atoms with van der Waals surface area (Å²) in [6.07, 6.45) is 2.71. The Bertz CT molecular complexity index is 472. The number of aromatic nitrogens is 2. The highest BCUT2D eigenvalue weighted by Gasteiger charge is 2.22. The quantitative estimate of drug-likeness (QED) is 0.793. The van der Waals surface area contributed by atoms with Gasteiger partial charge in [0.15, 0.2) is 0 Å². The van der Waals surface area contributed by atoms with Crippen molar-refractivity contribution in [3.63, 3.8) is 0 Å². The summed E-state index contributed by atoms with van der Waals surface area (Å²) < 4.78 is 5.55. The van der Waals surface area contributed by atoms with E-state index in [-0.39, 0.29) is 12.0 Å². The molecule has 1 aliphatic carbocycles. The fraction of sp³-hybridized carbons (Fsp3) is 0.643. The minimum atomic E-state index is 0.0708. The van der Waals surface area contributed by atoms with Crippen LogP contribution in [0.2, 0.25) is 0 Å². The lowest BCUT2D eigenvalue weighted by molar-refractivity contribution is -0.120. The Morgan fingerprint density at radius 1 is 1.45 bits per heavy atom. The van der Waals surface area contributed by atoms with Crippen molar-refractivity contribution < 1.29 is 9.53 Å². The molecule has 110 valence electrons. The Hall–Kier alpha value is -1.85. The minimum absolute atomic E-state index is 0.0708. The number of rotatable bonds is 7. The topological polar surface area (TPSA) is 76.1 Å². The van der Waals surface area contributed by atoms with Gasteiger partial charge in [0.1, 0.15) is 0 Å². The van der Waals surface area contributed by atoms with E-state index < -0.39 is 0 Å². The Morgan fingerprint density at radius 2 is 2.20 bits per heavy atom. The lowest BCUT2D eigenvalue weighted by Gasteiger charge is -2.11. The molecule has 0 radical (unpaired) electrons. The van der Waals surface area contributed by atoms with Gasteiger partial charge in [-0.3, -0.25) is 4.79 Å². The van der Waals surface area contributed by atoms with Gasteiger partial charge in [0.05, 0.1) is 6.10 Å². The van der Waals surface area contributed by atoms with E-state index in [1.54, 1.807) is 6.07 Å². The Morgan fingerprint density at radius 3 is 2.85 bits per heavy atom. The molecule has 2 N–H and O–H groups in total. The Labute approximate surface area is 119 Å². The van der Waals surface area contributed by atoms with Crippen molar-refractivity contribution in [2.45, 2.75) is 52.2 Å². The third-order valence-corrected chi connectivity index (χ3v) is 2.76. The summed E-state index contributed by atoms with van der Waals surface area (Å²) in [7, 11) is 0. The van der Waals surface area contributed by atoms with Crippen LogP contribution >= 0.6 is 0 Å². The maximum absolute atomic E-state index is 11.5. The molecule has 6 heteroatoms. The average Bonchev–Trinajstić information content (AvgIpc) is 3.11.